The molecule has 1 aliphatic carbocycles. The molecule has 0 saturated heterocycles. The zero-order valence-corrected chi connectivity index (χ0v) is 23.0. The summed E-state index contributed by atoms with van der Waals surface area (Å²) in [5.41, 5.74) is 1.76. The van der Waals surface area contributed by atoms with E-state index in [2.05, 4.69) is 24.4 Å². The molecule has 0 aliphatic heterocycles. The Bertz CT molecular complexity index is 1170. The van der Waals surface area contributed by atoms with Gasteiger partial charge in [-0.25, -0.2) is 4.79 Å². The number of carbonyl (C=O) groups is 2. The molecule has 0 bridgehead atoms. The van der Waals surface area contributed by atoms with Crippen LogP contribution >= 0.6 is 7.37 Å². The third kappa shape index (κ3) is 8.28. The minimum Gasteiger partial charge on any atom is -0.467 e. The number of hydrogen-bond acceptors (Lipinski definition) is 4. The Kier molecular flexibility index (Phi) is 9.69. The molecule has 7 heteroatoms. The van der Waals surface area contributed by atoms with E-state index in [9.17, 15) is 19.0 Å². The number of hydrogen-bond donors (Lipinski definition) is 2. The van der Waals surface area contributed by atoms with Gasteiger partial charge in [0.1, 0.15) is 5.54 Å². The van der Waals surface area contributed by atoms with Crippen LogP contribution in [-0.4, -0.2) is 41.7 Å². The topological polar surface area (TPSA) is 92.7 Å². The number of rotatable bonds is 11. The maximum absolute atomic E-state index is 13.3. The molecular formula is C30H38NO5P. The molecule has 2 aromatic rings. The van der Waals surface area contributed by atoms with E-state index in [1.807, 2.05) is 66.7 Å². The predicted octanol–water partition coefficient (Wildman–Crippen LogP) is 5.62. The predicted molar refractivity (Wildman–Crippen MR) is 148 cm³/mol. The van der Waals surface area contributed by atoms with Gasteiger partial charge in [-0.3, -0.25) is 9.36 Å². The number of esters is 1. The molecule has 0 aromatic heterocycles. The Labute approximate surface area is 220 Å². The summed E-state index contributed by atoms with van der Waals surface area (Å²) in [4.78, 5) is 36.4. The highest BCUT2D eigenvalue weighted by atomic mass is 31.2. The lowest BCUT2D eigenvalue weighted by atomic mass is 9.88. The molecule has 2 aromatic carbocycles. The second-order valence-corrected chi connectivity index (χ2v) is 12.9. The molecule has 37 heavy (non-hydrogen) atoms. The fourth-order valence-electron chi connectivity index (χ4n) is 4.61. The van der Waals surface area contributed by atoms with Crippen LogP contribution in [0.2, 0.25) is 0 Å². The van der Waals surface area contributed by atoms with Crippen molar-refractivity contribution in [2.75, 3.05) is 19.4 Å². The Morgan fingerprint density at radius 2 is 1.65 bits per heavy atom. The molecule has 0 saturated carbocycles. The molecule has 2 N–H and O–H groups in total. The van der Waals surface area contributed by atoms with Crippen molar-refractivity contribution in [2.24, 2.45) is 17.8 Å². The molecule has 4 atom stereocenters. The summed E-state index contributed by atoms with van der Waals surface area (Å²) < 4.78 is 18.1. The maximum Gasteiger partial charge on any atom is 0.330 e. The first kappa shape index (κ1) is 28.6. The van der Waals surface area contributed by atoms with Crippen LogP contribution in [0.15, 0.2) is 78.9 Å². The van der Waals surface area contributed by atoms with Crippen molar-refractivity contribution < 1.29 is 23.8 Å². The molecule has 0 fully saturated rings. The summed E-state index contributed by atoms with van der Waals surface area (Å²) in [7, 11) is -2.36. The zero-order chi connectivity index (χ0) is 27.1. The highest BCUT2D eigenvalue weighted by Gasteiger charge is 2.36. The van der Waals surface area contributed by atoms with Gasteiger partial charge in [-0.1, -0.05) is 85.8 Å². The molecule has 1 amide bonds. The Morgan fingerprint density at radius 3 is 2.27 bits per heavy atom. The van der Waals surface area contributed by atoms with Gasteiger partial charge in [0.05, 0.1) is 13.0 Å². The van der Waals surface area contributed by atoms with Gasteiger partial charge in [0.25, 0.3) is 0 Å². The van der Waals surface area contributed by atoms with Gasteiger partial charge in [0.15, 0.2) is 0 Å². The first-order chi connectivity index (χ1) is 17.5. The summed E-state index contributed by atoms with van der Waals surface area (Å²) >= 11 is 0. The molecule has 198 valence electrons. The molecule has 6 nitrogen and oxygen atoms in total. The molecule has 0 spiro atoms. The number of nitrogens with one attached hydrogen (secondary N) is 1. The van der Waals surface area contributed by atoms with Gasteiger partial charge in [0, 0.05) is 12.3 Å². The minimum atomic E-state index is -3.62. The van der Waals surface area contributed by atoms with Gasteiger partial charge >= 0.3 is 5.97 Å². The highest BCUT2D eigenvalue weighted by molar-refractivity contribution is 7.58. The van der Waals surface area contributed by atoms with Gasteiger partial charge < -0.3 is 14.9 Å². The molecule has 1 aliphatic rings. The quantitative estimate of drug-likeness (QED) is 0.295. The number of allylic oxidation sites excluding steroid dienone is 4. The van der Waals surface area contributed by atoms with E-state index in [0.717, 1.165) is 16.7 Å². The number of carbonyl (C=O) groups excluding carboxylic acids is 2. The van der Waals surface area contributed by atoms with Crippen LogP contribution < -0.4 is 5.32 Å². The van der Waals surface area contributed by atoms with E-state index >= 15 is 0 Å². The third-order valence-corrected chi connectivity index (χ3v) is 8.89. The third-order valence-electron chi connectivity index (χ3n) is 6.92. The number of methoxy groups -OCH3 is 1. The molecule has 0 heterocycles. The van der Waals surface area contributed by atoms with Gasteiger partial charge in [-0.15, -0.1) is 0 Å². The molecule has 4 unspecified atom stereocenters. The first-order valence-corrected chi connectivity index (χ1v) is 14.7. The first-order valence-electron chi connectivity index (χ1n) is 12.7. The lowest BCUT2D eigenvalue weighted by Gasteiger charge is -2.28. The van der Waals surface area contributed by atoms with Gasteiger partial charge in [-0.2, -0.15) is 0 Å². The fraction of sp³-hybridized carbons (Fsp3) is 0.400. The van der Waals surface area contributed by atoms with Crippen LogP contribution in [-0.2, 0) is 25.3 Å². The molecule has 0 radical (unpaired) electrons. The summed E-state index contributed by atoms with van der Waals surface area (Å²) in [6.07, 6.45) is 8.96. The standard InChI is InChI=1S/C30H38NO5P/c1-22-10-8-9-11-24(22)18-19-37(34,35)21-27(28(32)31-30(2,3)29(33)36-4)20-23-14-16-26(17-15-23)25-12-6-5-7-13-25/h5-17,22,24,27H,18-21H2,1-4H3,(H,31,32)(H,34,35). The zero-order valence-electron chi connectivity index (χ0n) is 22.1. The van der Waals surface area contributed by atoms with Crippen molar-refractivity contribution >= 4 is 19.2 Å². The number of ether oxygens (including phenoxy) is 1. The summed E-state index contributed by atoms with van der Waals surface area (Å²) in [5, 5.41) is 2.73. The van der Waals surface area contributed by atoms with Crippen LogP contribution in [0.5, 0.6) is 0 Å². The number of benzene rings is 2. The second kappa shape index (κ2) is 12.5. The average molecular weight is 524 g/mol. The van der Waals surface area contributed by atoms with Gasteiger partial charge in [0.2, 0.25) is 13.3 Å². The Balaban J connectivity index is 1.76. The summed E-state index contributed by atoms with van der Waals surface area (Å²) in [6, 6.07) is 17.8. The normalized spacial score (nSPS) is 19.6. The van der Waals surface area contributed by atoms with E-state index < -0.39 is 30.7 Å². The SMILES string of the molecule is COC(=O)C(C)(C)NC(=O)C(Cc1ccc(-c2ccccc2)cc1)CP(=O)(O)CCC1C=CC=CC1C. The maximum atomic E-state index is 13.3. The van der Waals surface area contributed by atoms with Crippen molar-refractivity contribution in [2.45, 2.75) is 39.2 Å². The summed E-state index contributed by atoms with van der Waals surface area (Å²) in [6.45, 7) is 5.22. The minimum absolute atomic E-state index is 0.136. The van der Waals surface area contributed by atoms with E-state index in [-0.39, 0.29) is 24.7 Å². The lowest BCUT2D eigenvalue weighted by Crippen LogP contribution is -2.52. The van der Waals surface area contributed by atoms with Crippen molar-refractivity contribution in [1.29, 1.82) is 0 Å². The van der Waals surface area contributed by atoms with Crippen molar-refractivity contribution in [3.63, 3.8) is 0 Å². The fourth-order valence-corrected chi connectivity index (χ4v) is 6.48. The lowest BCUT2D eigenvalue weighted by molar-refractivity contribution is -0.149. The molecule has 3 rings (SSSR count). The van der Waals surface area contributed by atoms with Crippen LogP contribution in [0, 0.1) is 17.8 Å². The van der Waals surface area contributed by atoms with E-state index in [4.69, 9.17) is 4.74 Å². The summed E-state index contributed by atoms with van der Waals surface area (Å²) in [5.74, 6) is -1.30. The van der Waals surface area contributed by atoms with E-state index in [0.29, 0.717) is 12.3 Å². The number of amides is 1. The van der Waals surface area contributed by atoms with Crippen LogP contribution in [0.3, 0.4) is 0 Å². The van der Waals surface area contributed by atoms with E-state index in [1.54, 1.807) is 13.8 Å². The largest absolute Gasteiger partial charge is 0.467 e. The van der Waals surface area contributed by atoms with Crippen molar-refractivity contribution in [1.82, 2.24) is 5.32 Å². The van der Waals surface area contributed by atoms with Crippen LogP contribution in [0.4, 0.5) is 0 Å². The Morgan fingerprint density at radius 1 is 1.03 bits per heavy atom. The van der Waals surface area contributed by atoms with E-state index in [1.165, 1.54) is 7.11 Å². The van der Waals surface area contributed by atoms with Crippen LogP contribution in [0.1, 0.15) is 32.8 Å². The van der Waals surface area contributed by atoms with Gasteiger partial charge in [-0.05, 0) is 55.2 Å². The molecular weight excluding hydrogens is 485 g/mol. The second-order valence-electron chi connectivity index (χ2n) is 10.4. The monoisotopic (exact) mass is 523 g/mol. The Hall–Kier alpha value is -2.95. The van der Waals surface area contributed by atoms with Crippen molar-refractivity contribution in [3.8, 4) is 11.1 Å². The highest BCUT2D eigenvalue weighted by Crippen LogP contribution is 2.45. The van der Waals surface area contributed by atoms with Crippen molar-refractivity contribution in [3.05, 3.63) is 84.5 Å². The van der Waals surface area contributed by atoms with Crippen LogP contribution in [0.25, 0.3) is 11.1 Å². The smallest absolute Gasteiger partial charge is 0.330 e. The average Bonchev–Trinajstić information content (AvgIpc) is 2.88.